The van der Waals surface area contributed by atoms with Gasteiger partial charge in [-0.15, -0.1) is 0 Å². The maximum Gasteiger partial charge on any atom is 1.00 e. The van der Waals surface area contributed by atoms with Gasteiger partial charge in [0.1, 0.15) is 12.4 Å². The van der Waals surface area contributed by atoms with Crippen molar-refractivity contribution in [3.8, 4) is 5.75 Å². The molecule has 0 aliphatic heterocycles. The minimum absolute atomic E-state index is 0. The number of halogens is 3. The van der Waals surface area contributed by atoms with E-state index in [2.05, 4.69) is 4.98 Å². The zero-order valence-electron chi connectivity index (χ0n) is 11.6. The molecule has 0 radical (unpaired) electrons. The van der Waals surface area contributed by atoms with Crippen molar-refractivity contribution in [3.63, 3.8) is 0 Å². The quantitative estimate of drug-likeness (QED) is 0.534. The van der Waals surface area contributed by atoms with Crippen LogP contribution in [0.3, 0.4) is 0 Å². The van der Waals surface area contributed by atoms with E-state index in [0.717, 1.165) is 12.3 Å². The fraction of sp³-hybridized carbons (Fsp3) is 0.545. The van der Waals surface area contributed by atoms with Crippen molar-refractivity contribution in [3.05, 3.63) is 18.5 Å². The Labute approximate surface area is 153 Å². The van der Waals surface area contributed by atoms with Gasteiger partial charge in [-0.2, -0.15) is 0 Å². The summed E-state index contributed by atoms with van der Waals surface area (Å²) in [6.45, 7) is 1.13. The summed E-state index contributed by atoms with van der Waals surface area (Å²) in [4.78, 5) is 3.51. The average Bonchev–Trinajstić information content (AvgIpc) is 2.22. The molecule has 0 aromatic carbocycles. The summed E-state index contributed by atoms with van der Waals surface area (Å²) in [7, 11) is 0. The Balaban J connectivity index is 0.00000324. The fourth-order valence-corrected chi connectivity index (χ4v) is 1.20. The van der Waals surface area contributed by atoms with Crippen LogP contribution < -0.4 is 61.6 Å². The summed E-state index contributed by atoms with van der Waals surface area (Å²) in [5, 5.41) is 0. The number of hydrogen-bond acceptors (Lipinski definition) is 3. The van der Waals surface area contributed by atoms with Crippen LogP contribution in [0, 0.1) is 0 Å². The monoisotopic (exact) mass is 301 g/mol. The second-order valence-corrected chi connectivity index (χ2v) is 4.84. The number of pyridine rings is 1. The second-order valence-electron chi connectivity index (χ2n) is 4.84. The average molecular weight is 301 g/mol. The number of aromatic nitrogens is 1. The zero-order chi connectivity index (χ0) is 13.8. The predicted molar refractivity (Wildman–Crippen MR) is 64.1 cm³/mol. The van der Waals surface area contributed by atoms with E-state index in [1.54, 1.807) is 0 Å². The van der Waals surface area contributed by atoms with Crippen LogP contribution in [0.4, 0.5) is 12.9 Å². The van der Waals surface area contributed by atoms with Crippen molar-refractivity contribution in [1.82, 2.24) is 4.98 Å². The van der Waals surface area contributed by atoms with Gasteiger partial charge in [-0.3, -0.25) is 4.98 Å². The van der Waals surface area contributed by atoms with E-state index in [0.29, 0.717) is 6.61 Å². The van der Waals surface area contributed by atoms with Crippen LogP contribution in [0.15, 0.2) is 18.5 Å². The predicted octanol–water partition coefficient (Wildman–Crippen LogP) is -0.666. The third kappa shape index (κ3) is 8.31. The third-order valence-corrected chi connectivity index (χ3v) is 2.00. The van der Waals surface area contributed by atoms with Gasteiger partial charge in [-0.25, -0.2) is 0 Å². The van der Waals surface area contributed by atoms with Crippen LogP contribution in [0.5, 0.6) is 5.75 Å². The van der Waals surface area contributed by atoms with Gasteiger partial charge in [0.15, 0.2) is 0 Å². The van der Waals surface area contributed by atoms with Crippen LogP contribution in [0.2, 0.25) is 0 Å². The molecule has 1 heterocycles. The Hall–Kier alpha value is 0.401. The molecule has 0 bridgehead atoms. The van der Waals surface area contributed by atoms with E-state index in [-0.39, 0.29) is 69.3 Å². The van der Waals surface area contributed by atoms with Crippen LogP contribution in [0.25, 0.3) is 0 Å². The van der Waals surface area contributed by atoms with Gasteiger partial charge in [-0.05, 0) is 26.8 Å². The molecule has 0 N–H and O–H groups in total. The van der Waals surface area contributed by atoms with Crippen molar-refractivity contribution in [2.75, 3.05) is 13.2 Å². The summed E-state index contributed by atoms with van der Waals surface area (Å²) >= 11 is 0. The molecule has 0 amide bonds. The molecule has 0 atom stereocenters. The Kier molecular flexibility index (Phi) is 8.16. The molecule has 0 fully saturated rings. The van der Waals surface area contributed by atoms with E-state index >= 15 is 0 Å². The van der Waals surface area contributed by atoms with Gasteiger partial charge >= 0.3 is 58.4 Å². The van der Waals surface area contributed by atoms with Gasteiger partial charge in [0.25, 0.3) is 0 Å². The molecule has 0 saturated carbocycles. The van der Waals surface area contributed by atoms with Gasteiger partial charge in [-0.1, -0.05) is 5.46 Å². The Morgan fingerprint density at radius 3 is 2.32 bits per heavy atom. The van der Waals surface area contributed by atoms with Crippen molar-refractivity contribution >= 4 is 12.4 Å². The summed E-state index contributed by atoms with van der Waals surface area (Å²) in [6, 6.07) is 0.949. The van der Waals surface area contributed by atoms with E-state index in [9.17, 15) is 12.9 Å². The first-order valence-electron chi connectivity index (χ1n) is 5.60. The van der Waals surface area contributed by atoms with Crippen molar-refractivity contribution < 1.29 is 73.8 Å². The maximum absolute atomic E-state index is 12.5. The molecule has 19 heavy (non-hydrogen) atoms. The smallest absolute Gasteiger partial charge is 0.490 e. The minimum Gasteiger partial charge on any atom is -0.490 e. The molecular weight excluding hydrogens is 285 g/mol. The van der Waals surface area contributed by atoms with Gasteiger partial charge in [0, 0.05) is 6.20 Å². The number of rotatable bonds is 5. The Morgan fingerprint density at radius 2 is 1.79 bits per heavy atom. The van der Waals surface area contributed by atoms with E-state index in [4.69, 9.17) is 9.47 Å². The molecule has 8 heteroatoms. The molecular formula is C11H16BF3KNO2. The molecule has 102 valence electrons. The molecule has 1 rings (SSSR count). The molecule has 1 aromatic rings. The first-order chi connectivity index (χ1) is 8.18. The van der Waals surface area contributed by atoms with Crippen molar-refractivity contribution in [2.24, 2.45) is 0 Å². The zero-order valence-corrected chi connectivity index (χ0v) is 14.7. The molecule has 3 nitrogen and oxygen atoms in total. The van der Waals surface area contributed by atoms with Crippen LogP contribution >= 0.6 is 0 Å². The Bertz CT molecular complexity index is 396. The van der Waals surface area contributed by atoms with E-state index in [1.807, 2.05) is 20.8 Å². The molecule has 0 aliphatic carbocycles. The molecule has 0 spiro atoms. The molecule has 0 unspecified atom stereocenters. The fourth-order valence-electron chi connectivity index (χ4n) is 1.20. The summed E-state index contributed by atoms with van der Waals surface area (Å²) in [6.07, 6.45) is 2.04. The van der Waals surface area contributed by atoms with Gasteiger partial charge in [0.05, 0.1) is 18.4 Å². The standard InChI is InChI=1S/C11H16BF3NO2.K/c1-11(2,3)18-5-4-17-10-6-9(7-16-8-10)12(13,14)15;/h6-8H,4-5H2,1-3H3;/q-1;+1. The van der Waals surface area contributed by atoms with E-state index < -0.39 is 12.4 Å². The number of nitrogens with zero attached hydrogens (tertiary/aromatic N) is 1. The molecule has 1 aromatic heterocycles. The second kappa shape index (κ2) is 7.99. The van der Waals surface area contributed by atoms with Crippen molar-refractivity contribution in [1.29, 1.82) is 0 Å². The molecule has 0 aliphatic rings. The number of hydrogen-bond donors (Lipinski definition) is 0. The van der Waals surface area contributed by atoms with Crippen LogP contribution in [0.1, 0.15) is 20.8 Å². The third-order valence-electron chi connectivity index (χ3n) is 2.00. The minimum atomic E-state index is -5.04. The normalized spacial score (nSPS) is 11.9. The van der Waals surface area contributed by atoms with Crippen LogP contribution in [-0.2, 0) is 4.74 Å². The largest absolute Gasteiger partial charge is 1.00 e. The van der Waals surface area contributed by atoms with Crippen LogP contribution in [-0.4, -0.2) is 30.8 Å². The van der Waals surface area contributed by atoms with Gasteiger partial charge in [0.2, 0.25) is 0 Å². The SMILES string of the molecule is CC(C)(C)OCCOc1cncc([B-](F)(F)F)c1.[K+]. The van der Waals surface area contributed by atoms with Gasteiger partial charge < -0.3 is 22.4 Å². The Morgan fingerprint density at radius 1 is 1.16 bits per heavy atom. The summed E-state index contributed by atoms with van der Waals surface area (Å²) in [5.41, 5.74) is -1.05. The molecule has 0 saturated heterocycles. The summed E-state index contributed by atoms with van der Waals surface area (Å²) < 4.78 is 47.9. The maximum atomic E-state index is 12.5. The van der Waals surface area contributed by atoms with Crippen molar-refractivity contribution in [2.45, 2.75) is 26.4 Å². The topological polar surface area (TPSA) is 31.4 Å². The number of ether oxygens (including phenoxy) is 2. The first-order valence-corrected chi connectivity index (χ1v) is 5.60. The van der Waals surface area contributed by atoms with E-state index in [1.165, 1.54) is 6.20 Å². The summed E-state index contributed by atoms with van der Waals surface area (Å²) in [5.74, 6) is 0.101. The first kappa shape index (κ1) is 19.4.